The van der Waals surface area contributed by atoms with Crippen molar-refractivity contribution in [3.05, 3.63) is 35.9 Å². The summed E-state index contributed by atoms with van der Waals surface area (Å²) in [4.78, 5) is 0. The Labute approximate surface area is 94.8 Å². The standard InChI is InChI=1S/C9H12O2.Na.H/c1-8(10)11-7-9-5-3-2-4-6-9;;/h2-6,8,10H,7H2,1H3;;. The van der Waals surface area contributed by atoms with Crippen molar-refractivity contribution in [2.45, 2.75) is 19.8 Å². The average molecular weight is 176 g/mol. The fourth-order valence-corrected chi connectivity index (χ4v) is 0.791. The molecule has 1 unspecified atom stereocenters. The van der Waals surface area contributed by atoms with Crippen LogP contribution in [0.5, 0.6) is 0 Å². The first-order chi connectivity index (χ1) is 5.29. The van der Waals surface area contributed by atoms with E-state index in [0.717, 1.165) is 5.56 Å². The molecule has 3 heteroatoms. The molecule has 12 heavy (non-hydrogen) atoms. The summed E-state index contributed by atoms with van der Waals surface area (Å²) in [5.74, 6) is 0. The molecule has 1 rings (SSSR count). The minimum absolute atomic E-state index is 0. The van der Waals surface area contributed by atoms with Crippen molar-refractivity contribution in [2.75, 3.05) is 0 Å². The van der Waals surface area contributed by atoms with Gasteiger partial charge in [-0.3, -0.25) is 0 Å². The van der Waals surface area contributed by atoms with Gasteiger partial charge in [-0.05, 0) is 12.5 Å². The fourth-order valence-electron chi connectivity index (χ4n) is 0.791. The molecule has 1 aromatic carbocycles. The monoisotopic (exact) mass is 176 g/mol. The van der Waals surface area contributed by atoms with Gasteiger partial charge >= 0.3 is 29.6 Å². The van der Waals surface area contributed by atoms with E-state index in [4.69, 9.17) is 9.84 Å². The van der Waals surface area contributed by atoms with Gasteiger partial charge in [0.15, 0.2) is 6.29 Å². The molecule has 0 aliphatic rings. The fraction of sp³-hybridized carbons (Fsp3) is 0.333. The van der Waals surface area contributed by atoms with Crippen molar-refractivity contribution in [3.8, 4) is 0 Å². The second-order valence-corrected chi connectivity index (χ2v) is 2.40. The van der Waals surface area contributed by atoms with Gasteiger partial charge in [-0.1, -0.05) is 30.3 Å². The van der Waals surface area contributed by atoms with Gasteiger partial charge in [0, 0.05) is 0 Å². The van der Waals surface area contributed by atoms with Crippen LogP contribution in [0.1, 0.15) is 12.5 Å². The zero-order chi connectivity index (χ0) is 8.10. The van der Waals surface area contributed by atoms with Crippen LogP contribution in [-0.4, -0.2) is 41.0 Å². The number of aliphatic hydroxyl groups excluding tert-OH is 1. The van der Waals surface area contributed by atoms with Crippen LogP contribution in [0.3, 0.4) is 0 Å². The van der Waals surface area contributed by atoms with Crippen molar-refractivity contribution < 1.29 is 9.84 Å². The third-order valence-electron chi connectivity index (χ3n) is 1.33. The van der Waals surface area contributed by atoms with Crippen LogP contribution in [-0.2, 0) is 11.3 Å². The van der Waals surface area contributed by atoms with E-state index in [1.165, 1.54) is 0 Å². The van der Waals surface area contributed by atoms with Crippen LogP contribution in [0.2, 0.25) is 0 Å². The average Bonchev–Trinajstić information content (AvgIpc) is 2.03. The molecule has 0 saturated heterocycles. The zero-order valence-electron chi connectivity index (χ0n) is 6.53. The molecule has 0 aliphatic heterocycles. The molecule has 0 fully saturated rings. The maximum atomic E-state index is 8.79. The molecular weight excluding hydrogens is 163 g/mol. The Hall–Kier alpha value is 0.140. The normalized spacial score (nSPS) is 11.8. The molecule has 0 spiro atoms. The summed E-state index contributed by atoms with van der Waals surface area (Å²) in [7, 11) is 0. The predicted octanol–water partition coefficient (Wildman–Crippen LogP) is 0.893. The summed E-state index contributed by atoms with van der Waals surface area (Å²) in [6.45, 7) is 2.07. The van der Waals surface area contributed by atoms with Gasteiger partial charge in [-0.2, -0.15) is 0 Å². The Morgan fingerprint density at radius 3 is 2.42 bits per heavy atom. The molecule has 1 aromatic rings. The number of rotatable bonds is 3. The number of hydrogen-bond acceptors (Lipinski definition) is 2. The Balaban J connectivity index is 0.00000121. The molecule has 0 amide bonds. The molecule has 0 saturated carbocycles. The van der Waals surface area contributed by atoms with Gasteiger partial charge in [0.2, 0.25) is 0 Å². The van der Waals surface area contributed by atoms with Gasteiger partial charge in [0.05, 0.1) is 6.61 Å². The van der Waals surface area contributed by atoms with E-state index in [0.29, 0.717) is 6.61 Å². The van der Waals surface area contributed by atoms with E-state index >= 15 is 0 Å². The molecule has 0 aromatic heterocycles. The van der Waals surface area contributed by atoms with Crippen LogP contribution in [0.15, 0.2) is 30.3 Å². The molecule has 0 bridgehead atoms. The minimum atomic E-state index is -0.685. The van der Waals surface area contributed by atoms with Gasteiger partial charge < -0.3 is 9.84 Å². The summed E-state index contributed by atoms with van der Waals surface area (Å²) < 4.78 is 4.98. The topological polar surface area (TPSA) is 29.5 Å². The summed E-state index contributed by atoms with van der Waals surface area (Å²) in [5, 5.41) is 8.79. The van der Waals surface area contributed by atoms with Gasteiger partial charge in [0.25, 0.3) is 0 Å². The van der Waals surface area contributed by atoms with Gasteiger partial charge in [0.1, 0.15) is 0 Å². The second kappa shape index (κ2) is 6.63. The number of ether oxygens (including phenoxy) is 1. The first-order valence-electron chi connectivity index (χ1n) is 3.62. The molecule has 0 radical (unpaired) electrons. The quantitative estimate of drug-likeness (QED) is 0.547. The second-order valence-electron chi connectivity index (χ2n) is 2.40. The van der Waals surface area contributed by atoms with E-state index in [-0.39, 0.29) is 29.6 Å². The van der Waals surface area contributed by atoms with E-state index in [2.05, 4.69) is 0 Å². The van der Waals surface area contributed by atoms with Crippen molar-refractivity contribution in [1.82, 2.24) is 0 Å². The number of hydrogen-bond donors (Lipinski definition) is 1. The van der Waals surface area contributed by atoms with Crippen LogP contribution in [0.4, 0.5) is 0 Å². The molecular formula is C9H13NaO2. The van der Waals surface area contributed by atoms with Crippen molar-refractivity contribution in [2.24, 2.45) is 0 Å². The van der Waals surface area contributed by atoms with Crippen LogP contribution in [0, 0.1) is 0 Å². The number of aliphatic hydroxyl groups is 1. The van der Waals surface area contributed by atoms with E-state index in [1.807, 2.05) is 30.3 Å². The maximum absolute atomic E-state index is 8.79. The Morgan fingerprint density at radius 1 is 1.33 bits per heavy atom. The van der Waals surface area contributed by atoms with E-state index in [9.17, 15) is 0 Å². The van der Waals surface area contributed by atoms with Gasteiger partial charge in [-0.15, -0.1) is 0 Å². The first-order valence-corrected chi connectivity index (χ1v) is 3.62. The Morgan fingerprint density at radius 2 is 1.92 bits per heavy atom. The van der Waals surface area contributed by atoms with E-state index < -0.39 is 6.29 Å². The van der Waals surface area contributed by atoms with Crippen LogP contribution < -0.4 is 0 Å². The summed E-state index contributed by atoms with van der Waals surface area (Å²) >= 11 is 0. The van der Waals surface area contributed by atoms with Crippen LogP contribution in [0.25, 0.3) is 0 Å². The van der Waals surface area contributed by atoms with Crippen molar-refractivity contribution in [3.63, 3.8) is 0 Å². The SMILES string of the molecule is CC(O)OCc1ccccc1.[NaH]. The Bertz CT molecular complexity index is 199. The molecule has 0 heterocycles. The van der Waals surface area contributed by atoms with Crippen molar-refractivity contribution >= 4 is 29.6 Å². The molecule has 2 nitrogen and oxygen atoms in total. The van der Waals surface area contributed by atoms with Crippen molar-refractivity contribution in [1.29, 1.82) is 0 Å². The molecule has 62 valence electrons. The summed E-state index contributed by atoms with van der Waals surface area (Å²) in [5.41, 5.74) is 1.08. The first kappa shape index (κ1) is 12.1. The number of benzene rings is 1. The predicted molar refractivity (Wildman–Crippen MR) is 50.1 cm³/mol. The van der Waals surface area contributed by atoms with E-state index in [1.54, 1.807) is 6.92 Å². The third kappa shape index (κ3) is 4.91. The molecule has 1 atom stereocenters. The Kier molecular flexibility index (Phi) is 6.71. The van der Waals surface area contributed by atoms with Crippen LogP contribution >= 0.6 is 0 Å². The summed E-state index contributed by atoms with van der Waals surface area (Å²) in [6, 6.07) is 9.76. The zero-order valence-corrected chi connectivity index (χ0v) is 6.53. The summed E-state index contributed by atoms with van der Waals surface area (Å²) in [6.07, 6.45) is -0.685. The third-order valence-corrected chi connectivity index (χ3v) is 1.33. The van der Waals surface area contributed by atoms with Gasteiger partial charge in [-0.25, -0.2) is 0 Å². The molecule has 0 aliphatic carbocycles. The molecule has 1 N–H and O–H groups in total.